The zero-order chi connectivity index (χ0) is 18.6. The highest BCUT2D eigenvalue weighted by molar-refractivity contribution is 6.03. The molecule has 6 nitrogen and oxygen atoms in total. The Morgan fingerprint density at radius 1 is 0.852 bits per heavy atom. The second kappa shape index (κ2) is 7.21. The first kappa shape index (κ1) is 16.7. The Morgan fingerprint density at radius 2 is 1.67 bits per heavy atom. The Kier molecular flexibility index (Phi) is 4.45. The van der Waals surface area contributed by atoms with Crippen LogP contribution < -0.4 is 10.6 Å². The Bertz CT molecular complexity index is 1120. The van der Waals surface area contributed by atoms with Crippen LogP contribution in [0.15, 0.2) is 73.1 Å². The van der Waals surface area contributed by atoms with Crippen LogP contribution in [0.25, 0.3) is 10.9 Å². The summed E-state index contributed by atoms with van der Waals surface area (Å²) in [7, 11) is 0. The molecule has 0 fully saturated rings. The Labute approximate surface area is 156 Å². The molecule has 0 radical (unpaired) electrons. The smallest absolute Gasteiger partial charge is 0.274 e. The molecule has 2 heterocycles. The molecule has 0 unspecified atom stereocenters. The molecule has 2 N–H and O–H groups in total. The fourth-order valence-corrected chi connectivity index (χ4v) is 2.77. The van der Waals surface area contributed by atoms with E-state index in [-0.39, 0.29) is 11.6 Å². The first-order valence-corrected chi connectivity index (χ1v) is 8.51. The second-order valence-electron chi connectivity index (χ2n) is 6.04. The minimum absolute atomic E-state index is 0.281. The number of anilines is 3. The standard InChI is InChI=1S/C21H17N5O/c1-14-6-2-3-9-16(14)24-20(27)18-11-13-23-21(26-18)25-17-10-4-7-15-8-5-12-22-19(15)17/h2-13H,1H3,(H,24,27)(H,23,25,26). The Balaban J connectivity index is 1.59. The number of carbonyl (C=O) groups is 1. The van der Waals surface area contributed by atoms with Gasteiger partial charge in [-0.15, -0.1) is 0 Å². The van der Waals surface area contributed by atoms with Crippen molar-refractivity contribution in [2.75, 3.05) is 10.6 Å². The third kappa shape index (κ3) is 3.59. The molecule has 4 aromatic rings. The number of nitrogens with one attached hydrogen (secondary N) is 2. The van der Waals surface area contributed by atoms with Gasteiger partial charge in [-0.05, 0) is 36.8 Å². The van der Waals surface area contributed by atoms with Gasteiger partial charge in [0.25, 0.3) is 5.91 Å². The molecule has 0 aliphatic rings. The lowest BCUT2D eigenvalue weighted by Crippen LogP contribution is -2.15. The second-order valence-corrected chi connectivity index (χ2v) is 6.04. The average molecular weight is 355 g/mol. The van der Waals surface area contributed by atoms with Crippen LogP contribution >= 0.6 is 0 Å². The number of benzene rings is 2. The Hall–Kier alpha value is -3.80. The van der Waals surface area contributed by atoms with Gasteiger partial charge in [0.15, 0.2) is 0 Å². The summed E-state index contributed by atoms with van der Waals surface area (Å²) in [5, 5.41) is 7.04. The third-order valence-electron chi connectivity index (χ3n) is 4.16. The van der Waals surface area contributed by atoms with E-state index in [0.717, 1.165) is 27.8 Å². The maximum atomic E-state index is 12.5. The predicted octanol–water partition coefficient (Wildman–Crippen LogP) is 4.33. The van der Waals surface area contributed by atoms with Crippen molar-refractivity contribution in [1.29, 1.82) is 0 Å². The number of carbonyl (C=O) groups excluding carboxylic acids is 1. The highest BCUT2D eigenvalue weighted by Gasteiger charge is 2.11. The summed E-state index contributed by atoms with van der Waals surface area (Å²) in [6, 6.07) is 18.9. The molecule has 2 aromatic carbocycles. The molecular weight excluding hydrogens is 338 g/mol. The molecule has 27 heavy (non-hydrogen) atoms. The summed E-state index contributed by atoms with van der Waals surface area (Å²) in [4.78, 5) is 25.5. The van der Waals surface area contributed by atoms with Crippen LogP contribution in [0, 0.1) is 6.92 Å². The maximum Gasteiger partial charge on any atom is 0.274 e. The van der Waals surface area contributed by atoms with Crippen molar-refractivity contribution in [2.45, 2.75) is 6.92 Å². The van der Waals surface area contributed by atoms with Crippen molar-refractivity contribution in [1.82, 2.24) is 15.0 Å². The predicted molar refractivity (Wildman–Crippen MR) is 106 cm³/mol. The third-order valence-corrected chi connectivity index (χ3v) is 4.16. The van der Waals surface area contributed by atoms with E-state index < -0.39 is 0 Å². The Morgan fingerprint density at radius 3 is 2.56 bits per heavy atom. The van der Waals surface area contributed by atoms with Crippen LogP contribution in [-0.4, -0.2) is 20.9 Å². The number of aryl methyl sites for hydroxylation is 1. The van der Waals surface area contributed by atoms with Crippen LogP contribution in [0.1, 0.15) is 16.1 Å². The van der Waals surface area contributed by atoms with E-state index in [9.17, 15) is 4.79 Å². The van der Waals surface area contributed by atoms with E-state index in [1.807, 2.05) is 61.5 Å². The minimum atomic E-state index is -0.286. The van der Waals surface area contributed by atoms with Gasteiger partial charge >= 0.3 is 0 Å². The van der Waals surface area contributed by atoms with Crippen LogP contribution in [0.2, 0.25) is 0 Å². The fourth-order valence-electron chi connectivity index (χ4n) is 2.77. The molecule has 132 valence electrons. The fraction of sp³-hybridized carbons (Fsp3) is 0.0476. The summed E-state index contributed by atoms with van der Waals surface area (Å²) >= 11 is 0. The topological polar surface area (TPSA) is 79.8 Å². The van der Waals surface area contributed by atoms with Crippen molar-refractivity contribution >= 4 is 34.1 Å². The first-order chi connectivity index (χ1) is 13.2. The van der Waals surface area contributed by atoms with Gasteiger partial charge in [-0.25, -0.2) is 9.97 Å². The molecule has 6 heteroatoms. The lowest BCUT2D eigenvalue weighted by atomic mass is 10.2. The zero-order valence-corrected chi connectivity index (χ0v) is 14.7. The van der Waals surface area contributed by atoms with Gasteiger partial charge in [0.1, 0.15) is 5.69 Å². The molecule has 4 rings (SSSR count). The summed E-state index contributed by atoms with van der Waals surface area (Å²) in [6.45, 7) is 1.94. The summed E-state index contributed by atoms with van der Waals surface area (Å²) in [6.07, 6.45) is 3.29. The van der Waals surface area contributed by atoms with Crippen molar-refractivity contribution in [3.8, 4) is 0 Å². The van der Waals surface area contributed by atoms with E-state index >= 15 is 0 Å². The van der Waals surface area contributed by atoms with E-state index in [4.69, 9.17) is 0 Å². The average Bonchev–Trinajstić information content (AvgIpc) is 2.70. The molecule has 0 bridgehead atoms. The molecule has 0 spiro atoms. The zero-order valence-electron chi connectivity index (χ0n) is 14.7. The number of hydrogen-bond acceptors (Lipinski definition) is 5. The SMILES string of the molecule is Cc1ccccc1NC(=O)c1ccnc(Nc2cccc3cccnc23)n1. The van der Waals surface area contributed by atoms with Gasteiger partial charge in [-0.1, -0.05) is 36.4 Å². The van der Waals surface area contributed by atoms with Gasteiger partial charge in [0.05, 0.1) is 11.2 Å². The van der Waals surface area contributed by atoms with E-state index in [1.165, 1.54) is 0 Å². The normalized spacial score (nSPS) is 10.6. The number of hydrogen-bond donors (Lipinski definition) is 2. The number of rotatable bonds is 4. The summed E-state index contributed by atoms with van der Waals surface area (Å²) in [5.41, 5.74) is 3.63. The van der Waals surface area contributed by atoms with Crippen LogP contribution in [0.5, 0.6) is 0 Å². The number of para-hydroxylation sites is 2. The van der Waals surface area contributed by atoms with Crippen LogP contribution in [-0.2, 0) is 0 Å². The van der Waals surface area contributed by atoms with Gasteiger partial charge in [0, 0.05) is 23.5 Å². The van der Waals surface area contributed by atoms with Crippen molar-refractivity contribution < 1.29 is 4.79 Å². The largest absolute Gasteiger partial charge is 0.322 e. The first-order valence-electron chi connectivity index (χ1n) is 8.51. The monoisotopic (exact) mass is 355 g/mol. The molecular formula is C21H17N5O. The molecule has 0 saturated carbocycles. The van der Waals surface area contributed by atoms with E-state index in [2.05, 4.69) is 25.6 Å². The molecule has 0 saturated heterocycles. The number of aromatic nitrogens is 3. The van der Waals surface area contributed by atoms with Crippen LogP contribution in [0.4, 0.5) is 17.3 Å². The molecule has 1 amide bonds. The molecule has 0 atom stereocenters. The lowest BCUT2D eigenvalue weighted by molar-refractivity contribution is 0.102. The lowest BCUT2D eigenvalue weighted by Gasteiger charge is -2.10. The van der Waals surface area contributed by atoms with Crippen molar-refractivity contribution in [2.24, 2.45) is 0 Å². The van der Waals surface area contributed by atoms with Crippen molar-refractivity contribution in [3.63, 3.8) is 0 Å². The molecule has 2 aromatic heterocycles. The van der Waals surface area contributed by atoms with Gasteiger partial charge < -0.3 is 10.6 Å². The maximum absolute atomic E-state index is 12.5. The summed E-state index contributed by atoms with van der Waals surface area (Å²) in [5.74, 6) is 0.0522. The van der Waals surface area contributed by atoms with E-state index in [0.29, 0.717) is 5.95 Å². The number of fused-ring (bicyclic) bond motifs is 1. The number of amides is 1. The number of nitrogens with zero attached hydrogens (tertiary/aromatic N) is 3. The highest BCUT2D eigenvalue weighted by atomic mass is 16.1. The number of pyridine rings is 1. The molecule has 0 aliphatic carbocycles. The van der Waals surface area contributed by atoms with Gasteiger partial charge in [-0.2, -0.15) is 0 Å². The minimum Gasteiger partial charge on any atom is -0.322 e. The van der Waals surface area contributed by atoms with Crippen LogP contribution in [0.3, 0.4) is 0 Å². The summed E-state index contributed by atoms with van der Waals surface area (Å²) < 4.78 is 0. The molecule has 0 aliphatic heterocycles. The highest BCUT2D eigenvalue weighted by Crippen LogP contribution is 2.23. The quantitative estimate of drug-likeness (QED) is 0.569. The van der Waals surface area contributed by atoms with Gasteiger partial charge in [0.2, 0.25) is 5.95 Å². The van der Waals surface area contributed by atoms with E-state index in [1.54, 1.807) is 18.5 Å². The van der Waals surface area contributed by atoms with Crippen molar-refractivity contribution in [3.05, 3.63) is 84.3 Å². The van der Waals surface area contributed by atoms with Gasteiger partial charge in [-0.3, -0.25) is 9.78 Å².